The molecule has 0 bridgehead atoms. The lowest BCUT2D eigenvalue weighted by Gasteiger charge is -2.23. The van der Waals surface area contributed by atoms with Gasteiger partial charge in [-0.3, -0.25) is 4.79 Å². The molecular formula is C11H22O4S. The number of carbonyl (C=O) groups is 1. The summed E-state index contributed by atoms with van der Waals surface area (Å²) in [6, 6.07) is 0. The number of hydrogen-bond acceptors (Lipinski definition) is 4. The highest BCUT2D eigenvalue weighted by atomic mass is 32.2. The Bertz CT molecular complexity index is 315. The second kappa shape index (κ2) is 6.35. The van der Waals surface area contributed by atoms with E-state index in [0.29, 0.717) is 19.3 Å². The Kier molecular flexibility index (Phi) is 6.18. The van der Waals surface area contributed by atoms with Gasteiger partial charge in [0.05, 0.1) is 5.75 Å². The molecule has 1 N–H and O–H groups in total. The first-order valence-corrected chi connectivity index (χ1v) is 7.59. The summed E-state index contributed by atoms with van der Waals surface area (Å²) in [5.41, 5.74) is -1.27. The van der Waals surface area contributed by atoms with Crippen LogP contribution in [-0.2, 0) is 14.6 Å². The highest BCUT2D eigenvalue weighted by Gasteiger charge is 2.30. The van der Waals surface area contributed by atoms with E-state index in [1.165, 1.54) is 0 Å². The van der Waals surface area contributed by atoms with E-state index in [1.54, 1.807) is 20.8 Å². The predicted octanol–water partition coefficient (Wildman–Crippen LogP) is 1.32. The highest BCUT2D eigenvalue weighted by molar-refractivity contribution is 7.91. The fourth-order valence-corrected chi connectivity index (χ4v) is 2.35. The van der Waals surface area contributed by atoms with E-state index in [0.717, 1.165) is 0 Å². The van der Waals surface area contributed by atoms with E-state index >= 15 is 0 Å². The third-order valence-electron chi connectivity index (χ3n) is 2.99. The maximum Gasteiger partial charge on any atom is 0.164 e. The molecule has 0 unspecified atom stereocenters. The van der Waals surface area contributed by atoms with Gasteiger partial charge in [0.25, 0.3) is 0 Å². The summed E-state index contributed by atoms with van der Waals surface area (Å²) in [7, 11) is -3.01. The number of hydrogen-bond donors (Lipinski definition) is 1. The Morgan fingerprint density at radius 1 is 1.19 bits per heavy atom. The van der Waals surface area contributed by atoms with Gasteiger partial charge < -0.3 is 5.11 Å². The van der Waals surface area contributed by atoms with E-state index in [1.807, 2.05) is 0 Å². The molecule has 0 atom stereocenters. The van der Waals surface area contributed by atoms with E-state index in [9.17, 15) is 18.3 Å². The van der Waals surface area contributed by atoms with Crippen LogP contribution >= 0.6 is 0 Å². The third-order valence-corrected chi connectivity index (χ3v) is 4.78. The second-order valence-corrected chi connectivity index (χ2v) is 6.47. The van der Waals surface area contributed by atoms with Crippen LogP contribution in [0.3, 0.4) is 0 Å². The van der Waals surface area contributed by atoms with Crippen LogP contribution < -0.4 is 0 Å². The average Bonchev–Trinajstić information content (AvgIpc) is 2.27. The SMILES string of the molecule is CCC(O)(CC)C(=O)CCCS(=O)(=O)CC. The van der Waals surface area contributed by atoms with Gasteiger partial charge in [0.15, 0.2) is 5.78 Å². The standard InChI is InChI=1S/C11H22O4S/c1-4-11(13,5-2)10(12)8-7-9-16(14,15)6-3/h13H,4-9H2,1-3H3. The molecule has 0 fully saturated rings. The number of ketones is 1. The van der Waals surface area contributed by atoms with Gasteiger partial charge in [-0.2, -0.15) is 0 Å². The molecule has 4 nitrogen and oxygen atoms in total. The van der Waals surface area contributed by atoms with Crippen LogP contribution in [0.15, 0.2) is 0 Å². The first-order chi connectivity index (χ1) is 7.31. The van der Waals surface area contributed by atoms with Crippen molar-refractivity contribution in [2.45, 2.75) is 52.1 Å². The van der Waals surface area contributed by atoms with Crippen molar-refractivity contribution in [1.82, 2.24) is 0 Å². The molecule has 16 heavy (non-hydrogen) atoms. The molecule has 0 rings (SSSR count). The Morgan fingerprint density at radius 3 is 2.06 bits per heavy atom. The van der Waals surface area contributed by atoms with Crippen molar-refractivity contribution >= 4 is 15.6 Å². The molecule has 0 aliphatic heterocycles. The average molecular weight is 250 g/mol. The molecule has 96 valence electrons. The van der Waals surface area contributed by atoms with Gasteiger partial charge in [-0.15, -0.1) is 0 Å². The fraction of sp³-hybridized carbons (Fsp3) is 0.909. The number of sulfone groups is 1. The molecule has 5 heteroatoms. The summed E-state index contributed by atoms with van der Waals surface area (Å²) in [5.74, 6) is -0.116. The maximum absolute atomic E-state index is 11.7. The van der Waals surface area contributed by atoms with Crippen molar-refractivity contribution in [3.8, 4) is 0 Å². The van der Waals surface area contributed by atoms with Crippen LogP contribution in [0.4, 0.5) is 0 Å². The van der Waals surface area contributed by atoms with Crippen LogP contribution in [0.25, 0.3) is 0 Å². The number of rotatable bonds is 8. The van der Waals surface area contributed by atoms with Gasteiger partial charge in [0.2, 0.25) is 0 Å². The smallest absolute Gasteiger partial charge is 0.164 e. The summed E-state index contributed by atoms with van der Waals surface area (Å²) < 4.78 is 22.4. The Morgan fingerprint density at radius 2 is 1.69 bits per heavy atom. The van der Waals surface area contributed by atoms with Crippen molar-refractivity contribution in [1.29, 1.82) is 0 Å². The fourth-order valence-electron chi connectivity index (χ4n) is 1.47. The second-order valence-electron chi connectivity index (χ2n) is 4.00. The largest absolute Gasteiger partial charge is 0.382 e. The monoisotopic (exact) mass is 250 g/mol. The van der Waals surface area contributed by atoms with Gasteiger partial charge in [-0.05, 0) is 19.3 Å². The molecule has 0 aromatic rings. The Labute approximate surface area is 98.0 Å². The molecule has 0 aromatic heterocycles. The highest BCUT2D eigenvalue weighted by Crippen LogP contribution is 2.18. The molecule has 0 saturated heterocycles. The third kappa shape index (κ3) is 4.61. The molecular weight excluding hydrogens is 228 g/mol. The molecule has 0 amide bonds. The molecule has 0 spiro atoms. The molecule has 0 aliphatic rings. The van der Waals surface area contributed by atoms with E-state index in [2.05, 4.69) is 0 Å². The van der Waals surface area contributed by atoms with Crippen molar-refractivity contribution in [3.63, 3.8) is 0 Å². The normalized spacial score (nSPS) is 12.8. The quantitative estimate of drug-likeness (QED) is 0.705. The summed E-state index contributed by atoms with van der Waals surface area (Å²) >= 11 is 0. The van der Waals surface area contributed by atoms with Crippen molar-refractivity contribution in [2.24, 2.45) is 0 Å². The van der Waals surface area contributed by atoms with Gasteiger partial charge >= 0.3 is 0 Å². The van der Waals surface area contributed by atoms with Crippen molar-refractivity contribution in [2.75, 3.05) is 11.5 Å². The zero-order chi connectivity index (χ0) is 12.8. The molecule has 0 heterocycles. The number of carbonyl (C=O) groups excluding carboxylic acids is 1. The van der Waals surface area contributed by atoms with Crippen LogP contribution in [-0.4, -0.2) is 36.4 Å². The first kappa shape index (κ1) is 15.6. The zero-order valence-corrected chi connectivity index (χ0v) is 11.1. The molecule has 0 saturated carbocycles. The van der Waals surface area contributed by atoms with Gasteiger partial charge in [-0.25, -0.2) is 8.42 Å². The molecule has 0 aliphatic carbocycles. The van der Waals surface area contributed by atoms with Crippen LogP contribution in [0.1, 0.15) is 46.5 Å². The maximum atomic E-state index is 11.7. The summed E-state index contributed by atoms with van der Waals surface area (Å²) in [6.45, 7) is 5.10. The zero-order valence-electron chi connectivity index (χ0n) is 10.3. The molecule has 0 radical (unpaired) electrons. The van der Waals surface area contributed by atoms with Crippen LogP contribution in [0.5, 0.6) is 0 Å². The summed E-state index contributed by atoms with van der Waals surface area (Å²) in [6.07, 6.45) is 1.19. The van der Waals surface area contributed by atoms with Crippen LogP contribution in [0.2, 0.25) is 0 Å². The number of aliphatic hydroxyl groups is 1. The summed E-state index contributed by atoms with van der Waals surface area (Å²) in [4.78, 5) is 11.7. The Hall–Kier alpha value is -0.420. The van der Waals surface area contributed by atoms with Gasteiger partial charge in [0, 0.05) is 12.2 Å². The van der Waals surface area contributed by atoms with Crippen molar-refractivity contribution < 1.29 is 18.3 Å². The lowest BCUT2D eigenvalue weighted by molar-refractivity contribution is -0.138. The lowest BCUT2D eigenvalue weighted by Crippen LogP contribution is -2.37. The van der Waals surface area contributed by atoms with Crippen LogP contribution in [0, 0.1) is 0 Å². The first-order valence-electron chi connectivity index (χ1n) is 5.77. The minimum Gasteiger partial charge on any atom is -0.382 e. The predicted molar refractivity (Wildman–Crippen MR) is 64.1 cm³/mol. The van der Waals surface area contributed by atoms with E-state index in [4.69, 9.17) is 0 Å². The van der Waals surface area contributed by atoms with E-state index in [-0.39, 0.29) is 23.7 Å². The topological polar surface area (TPSA) is 71.4 Å². The lowest BCUT2D eigenvalue weighted by atomic mass is 9.90. The van der Waals surface area contributed by atoms with Gasteiger partial charge in [0.1, 0.15) is 15.4 Å². The van der Waals surface area contributed by atoms with Crippen molar-refractivity contribution in [3.05, 3.63) is 0 Å². The summed E-state index contributed by atoms with van der Waals surface area (Å²) in [5, 5.41) is 9.88. The minimum atomic E-state index is -3.01. The molecule has 0 aromatic carbocycles. The van der Waals surface area contributed by atoms with E-state index < -0.39 is 15.4 Å². The Balaban J connectivity index is 4.19. The number of Topliss-reactive ketones (excluding diaryl/α,β-unsaturated/α-hetero) is 1. The minimum absolute atomic E-state index is 0.0265. The van der Waals surface area contributed by atoms with Gasteiger partial charge in [-0.1, -0.05) is 20.8 Å².